The molecular weight excluding hydrogens is 226 g/mol. The second-order valence-corrected chi connectivity index (χ2v) is 4.48. The average Bonchev–Trinajstić information content (AvgIpc) is 2.39. The first-order chi connectivity index (χ1) is 8.55. The number of rotatable bonds is 3. The Balaban J connectivity index is 2.50. The Hall–Kier alpha value is -1.94. The van der Waals surface area contributed by atoms with Crippen LogP contribution in [0.5, 0.6) is 5.88 Å². The fraction of sp³-hybridized carbons (Fsp3) is 0.286. The van der Waals surface area contributed by atoms with Crippen LogP contribution in [-0.2, 0) is 5.54 Å². The smallest absolute Gasteiger partial charge is 0.237 e. The lowest BCUT2D eigenvalue weighted by Crippen LogP contribution is -2.36. The number of aryl methyl sites for hydroxylation is 1. The van der Waals surface area contributed by atoms with Crippen LogP contribution in [0, 0.1) is 6.92 Å². The highest BCUT2D eigenvalue weighted by molar-refractivity contribution is 5.38. The third-order valence-electron chi connectivity index (χ3n) is 3.00. The number of benzene rings is 1. The van der Waals surface area contributed by atoms with Crippen LogP contribution in [0.2, 0.25) is 0 Å². The van der Waals surface area contributed by atoms with Crippen molar-refractivity contribution in [3.05, 3.63) is 53.5 Å². The summed E-state index contributed by atoms with van der Waals surface area (Å²) in [5, 5.41) is 0. The minimum atomic E-state index is -0.729. The van der Waals surface area contributed by atoms with Crippen molar-refractivity contribution in [2.75, 3.05) is 7.11 Å². The van der Waals surface area contributed by atoms with Gasteiger partial charge in [-0.3, -0.25) is 4.98 Å². The van der Waals surface area contributed by atoms with Crippen molar-refractivity contribution in [1.82, 2.24) is 9.97 Å². The van der Waals surface area contributed by atoms with E-state index in [2.05, 4.69) is 9.97 Å². The topological polar surface area (TPSA) is 61.0 Å². The van der Waals surface area contributed by atoms with Gasteiger partial charge < -0.3 is 10.5 Å². The van der Waals surface area contributed by atoms with E-state index >= 15 is 0 Å². The Kier molecular flexibility index (Phi) is 3.30. The van der Waals surface area contributed by atoms with Crippen molar-refractivity contribution in [2.45, 2.75) is 19.4 Å². The molecule has 2 N–H and O–H groups in total. The molecule has 4 heteroatoms. The van der Waals surface area contributed by atoms with Crippen LogP contribution in [0.4, 0.5) is 0 Å². The van der Waals surface area contributed by atoms with Crippen molar-refractivity contribution in [1.29, 1.82) is 0 Å². The fourth-order valence-corrected chi connectivity index (χ4v) is 1.87. The van der Waals surface area contributed by atoms with Crippen molar-refractivity contribution in [2.24, 2.45) is 5.73 Å². The second-order valence-electron chi connectivity index (χ2n) is 4.48. The van der Waals surface area contributed by atoms with Gasteiger partial charge in [0.2, 0.25) is 5.88 Å². The van der Waals surface area contributed by atoms with Gasteiger partial charge in [-0.2, -0.15) is 0 Å². The minimum Gasteiger partial charge on any atom is -0.480 e. The molecule has 0 radical (unpaired) electrons. The largest absolute Gasteiger partial charge is 0.480 e. The first kappa shape index (κ1) is 12.5. The van der Waals surface area contributed by atoms with E-state index in [4.69, 9.17) is 10.5 Å². The molecule has 0 amide bonds. The monoisotopic (exact) mass is 243 g/mol. The highest BCUT2D eigenvalue weighted by atomic mass is 16.5. The van der Waals surface area contributed by atoms with Crippen LogP contribution >= 0.6 is 0 Å². The SMILES string of the molecule is COc1nccnc1C(C)(N)c1ccc(C)cc1. The first-order valence-corrected chi connectivity index (χ1v) is 5.77. The molecule has 0 aliphatic carbocycles. The van der Waals surface area contributed by atoms with Gasteiger partial charge in [-0.05, 0) is 19.4 Å². The number of ether oxygens (including phenoxy) is 1. The van der Waals surface area contributed by atoms with Crippen molar-refractivity contribution in [3.8, 4) is 5.88 Å². The summed E-state index contributed by atoms with van der Waals surface area (Å²) in [7, 11) is 1.57. The molecule has 0 bridgehead atoms. The predicted molar refractivity (Wildman–Crippen MR) is 70.4 cm³/mol. The van der Waals surface area contributed by atoms with E-state index in [9.17, 15) is 0 Å². The van der Waals surface area contributed by atoms with Crippen molar-refractivity contribution < 1.29 is 4.74 Å². The van der Waals surface area contributed by atoms with Gasteiger partial charge in [0, 0.05) is 12.4 Å². The highest BCUT2D eigenvalue weighted by Crippen LogP contribution is 2.29. The molecule has 1 heterocycles. The van der Waals surface area contributed by atoms with Gasteiger partial charge >= 0.3 is 0 Å². The van der Waals surface area contributed by atoms with E-state index in [0.29, 0.717) is 11.6 Å². The summed E-state index contributed by atoms with van der Waals surface area (Å²) in [4.78, 5) is 8.45. The Morgan fingerprint density at radius 2 is 1.72 bits per heavy atom. The van der Waals surface area contributed by atoms with Gasteiger partial charge in [0.05, 0.1) is 12.6 Å². The van der Waals surface area contributed by atoms with Gasteiger partial charge in [-0.25, -0.2) is 4.98 Å². The van der Waals surface area contributed by atoms with Crippen molar-refractivity contribution >= 4 is 0 Å². The number of hydrogen-bond donors (Lipinski definition) is 1. The molecule has 0 saturated carbocycles. The van der Waals surface area contributed by atoms with Crippen LogP contribution in [0.3, 0.4) is 0 Å². The van der Waals surface area contributed by atoms with Crippen LogP contribution in [-0.4, -0.2) is 17.1 Å². The van der Waals surface area contributed by atoms with Crippen molar-refractivity contribution in [3.63, 3.8) is 0 Å². The first-order valence-electron chi connectivity index (χ1n) is 5.77. The highest BCUT2D eigenvalue weighted by Gasteiger charge is 2.29. The molecule has 0 fully saturated rings. The average molecular weight is 243 g/mol. The molecule has 0 aliphatic heterocycles. The van der Waals surface area contributed by atoms with E-state index < -0.39 is 5.54 Å². The molecule has 2 rings (SSSR count). The van der Waals surface area contributed by atoms with Gasteiger partial charge in [0.15, 0.2) is 0 Å². The van der Waals surface area contributed by atoms with Crippen LogP contribution in [0.15, 0.2) is 36.7 Å². The number of nitrogens with two attached hydrogens (primary N) is 1. The summed E-state index contributed by atoms with van der Waals surface area (Å²) in [6.07, 6.45) is 3.21. The molecule has 1 aromatic heterocycles. The summed E-state index contributed by atoms with van der Waals surface area (Å²) in [5.74, 6) is 0.461. The molecule has 0 saturated heterocycles. The lowest BCUT2D eigenvalue weighted by atomic mass is 9.89. The molecule has 1 unspecified atom stereocenters. The molecule has 0 spiro atoms. The van der Waals surface area contributed by atoms with Gasteiger partial charge in [0.1, 0.15) is 5.69 Å². The molecule has 18 heavy (non-hydrogen) atoms. The molecule has 1 aromatic carbocycles. The number of nitrogens with zero attached hydrogens (tertiary/aromatic N) is 2. The summed E-state index contributed by atoms with van der Waals surface area (Å²) < 4.78 is 5.22. The standard InChI is InChI=1S/C14H17N3O/c1-10-4-6-11(7-5-10)14(2,15)12-13(18-3)17-9-8-16-12/h4-9H,15H2,1-3H3. The predicted octanol–water partition coefficient (Wildman–Crippen LogP) is 2.02. The maximum atomic E-state index is 6.40. The van der Waals surface area contributed by atoms with Gasteiger partial charge in [-0.15, -0.1) is 0 Å². The minimum absolute atomic E-state index is 0.461. The Morgan fingerprint density at radius 3 is 2.33 bits per heavy atom. The van der Waals surface area contributed by atoms with E-state index in [1.165, 1.54) is 5.56 Å². The van der Waals surface area contributed by atoms with E-state index in [-0.39, 0.29) is 0 Å². The zero-order valence-corrected chi connectivity index (χ0v) is 10.8. The van der Waals surface area contributed by atoms with Crippen LogP contribution in [0.25, 0.3) is 0 Å². The molecule has 0 aliphatic rings. The Morgan fingerprint density at radius 1 is 1.11 bits per heavy atom. The third-order valence-corrected chi connectivity index (χ3v) is 3.00. The number of methoxy groups -OCH3 is 1. The van der Waals surface area contributed by atoms with Gasteiger partial charge in [0.25, 0.3) is 0 Å². The van der Waals surface area contributed by atoms with E-state index in [1.54, 1.807) is 19.5 Å². The summed E-state index contributed by atoms with van der Waals surface area (Å²) in [6.45, 7) is 3.95. The lowest BCUT2D eigenvalue weighted by Gasteiger charge is -2.25. The summed E-state index contributed by atoms with van der Waals surface area (Å²) in [5.41, 5.74) is 8.48. The Bertz CT molecular complexity index is 535. The zero-order valence-electron chi connectivity index (χ0n) is 10.8. The van der Waals surface area contributed by atoms with Gasteiger partial charge in [-0.1, -0.05) is 29.8 Å². The molecular formula is C14H17N3O. The fourth-order valence-electron chi connectivity index (χ4n) is 1.87. The molecule has 94 valence electrons. The number of aromatic nitrogens is 2. The number of hydrogen-bond acceptors (Lipinski definition) is 4. The van der Waals surface area contributed by atoms with E-state index in [1.807, 2.05) is 38.1 Å². The maximum Gasteiger partial charge on any atom is 0.237 e. The normalized spacial score (nSPS) is 14.0. The summed E-state index contributed by atoms with van der Waals surface area (Å²) >= 11 is 0. The third kappa shape index (κ3) is 2.19. The molecule has 1 atom stereocenters. The van der Waals surface area contributed by atoms with Crippen LogP contribution in [0.1, 0.15) is 23.7 Å². The Labute approximate surface area is 107 Å². The maximum absolute atomic E-state index is 6.40. The molecule has 2 aromatic rings. The summed E-state index contributed by atoms with van der Waals surface area (Å²) in [6, 6.07) is 8.07. The van der Waals surface area contributed by atoms with E-state index in [0.717, 1.165) is 5.56 Å². The molecule has 4 nitrogen and oxygen atoms in total. The van der Waals surface area contributed by atoms with Crippen LogP contribution < -0.4 is 10.5 Å². The quantitative estimate of drug-likeness (QED) is 0.895. The second kappa shape index (κ2) is 4.74. The lowest BCUT2D eigenvalue weighted by molar-refractivity contribution is 0.376. The zero-order chi connectivity index (χ0) is 13.2.